The van der Waals surface area contributed by atoms with Gasteiger partial charge in [0, 0.05) is 31.4 Å². The molecule has 0 saturated carbocycles. The number of amides is 1. The molecule has 1 atom stereocenters. The van der Waals surface area contributed by atoms with E-state index in [0.717, 1.165) is 47.9 Å². The Morgan fingerprint density at radius 1 is 1.03 bits per heavy atom. The van der Waals surface area contributed by atoms with Gasteiger partial charge in [0.25, 0.3) is 0 Å². The molecule has 30 heavy (non-hydrogen) atoms. The lowest BCUT2D eigenvalue weighted by atomic mass is 9.96. The number of benzene rings is 2. The van der Waals surface area contributed by atoms with Crippen molar-refractivity contribution in [2.75, 3.05) is 37.0 Å². The number of piperidine rings is 1. The number of para-hydroxylation sites is 1. The number of nitrogens with zero attached hydrogens (tertiary/aromatic N) is 4. The number of carbonyl (C=O) groups is 1. The van der Waals surface area contributed by atoms with E-state index in [2.05, 4.69) is 15.1 Å². The maximum Gasteiger partial charge on any atom is 0.231 e. The summed E-state index contributed by atoms with van der Waals surface area (Å²) < 4.78 is 5.20. The molecule has 1 fully saturated rings. The molecule has 0 radical (unpaired) electrons. The fraction of sp³-hybridized carbons (Fsp3) is 0.292. The Balaban J connectivity index is 1.44. The van der Waals surface area contributed by atoms with Crippen LogP contribution in [0.3, 0.4) is 0 Å². The minimum atomic E-state index is -0.0491. The summed E-state index contributed by atoms with van der Waals surface area (Å²) in [5.74, 6) is 1.72. The second kappa shape index (κ2) is 8.95. The largest absolute Gasteiger partial charge is 0.497 e. The normalized spacial score (nSPS) is 16.2. The number of ether oxygens (including phenoxy) is 1. The lowest BCUT2D eigenvalue weighted by Crippen LogP contribution is -2.44. The van der Waals surface area contributed by atoms with Crippen LogP contribution in [0.5, 0.6) is 5.75 Å². The van der Waals surface area contributed by atoms with E-state index in [4.69, 9.17) is 4.74 Å². The quantitative estimate of drug-likeness (QED) is 0.645. The molecule has 2 heterocycles. The van der Waals surface area contributed by atoms with Gasteiger partial charge in [-0.1, -0.05) is 18.2 Å². The van der Waals surface area contributed by atoms with Crippen molar-refractivity contribution in [2.24, 2.45) is 5.92 Å². The van der Waals surface area contributed by atoms with Gasteiger partial charge < -0.3 is 14.5 Å². The highest BCUT2D eigenvalue weighted by molar-refractivity contribution is 5.95. The van der Waals surface area contributed by atoms with E-state index in [9.17, 15) is 4.79 Å². The number of methoxy groups -OCH3 is 1. The van der Waals surface area contributed by atoms with Gasteiger partial charge in [-0.15, -0.1) is 10.2 Å². The third-order valence-corrected chi connectivity index (χ3v) is 5.60. The van der Waals surface area contributed by atoms with Crippen LogP contribution in [0.4, 0.5) is 11.5 Å². The van der Waals surface area contributed by atoms with Crippen molar-refractivity contribution < 1.29 is 9.53 Å². The van der Waals surface area contributed by atoms with E-state index in [1.165, 1.54) is 0 Å². The van der Waals surface area contributed by atoms with Crippen LogP contribution in [0, 0.1) is 5.92 Å². The van der Waals surface area contributed by atoms with E-state index in [-0.39, 0.29) is 11.8 Å². The zero-order chi connectivity index (χ0) is 20.9. The first kappa shape index (κ1) is 19.9. The van der Waals surface area contributed by atoms with E-state index in [1.807, 2.05) is 73.8 Å². The first-order valence-electron chi connectivity index (χ1n) is 10.2. The highest BCUT2D eigenvalue weighted by Gasteiger charge is 2.29. The van der Waals surface area contributed by atoms with Gasteiger partial charge >= 0.3 is 0 Å². The van der Waals surface area contributed by atoms with Crippen molar-refractivity contribution in [1.82, 2.24) is 10.2 Å². The summed E-state index contributed by atoms with van der Waals surface area (Å²) in [6.07, 6.45) is 1.85. The number of rotatable bonds is 5. The van der Waals surface area contributed by atoms with Crippen LogP contribution in [0.2, 0.25) is 0 Å². The summed E-state index contributed by atoms with van der Waals surface area (Å²) in [5, 5.41) is 8.84. The highest BCUT2D eigenvalue weighted by atomic mass is 16.5. The molecule has 1 aliphatic heterocycles. The lowest BCUT2D eigenvalue weighted by molar-refractivity contribution is -0.122. The monoisotopic (exact) mass is 402 g/mol. The molecule has 3 aromatic rings. The van der Waals surface area contributed by atoms with Crippen molar-refractivity contribution in [2.45, 2.75) is 12.8 Å². The first-order chi connectivity index (χ1) is 14.7. The van der Waals surface area contributed by atoms with Gasteiger partial charge in [-0.25, -0.2) is 0 Å². The number of carbonyl (C=O) groups excluding carboxylic acids is 1. The van der Waals surface area contributed by atoms with E-state index in [0.29, 0.717) is 6.54 Å². The van der Waals surface area contributed by atoms with Gasteiger partial charge in [0.15, 0.2) is 5.82 Å². The predicted molar refractivity (Wildman–Crippen MR) is 119 cm³/mol. The average Bonchev–Trinajstić information content (AvgIpc) is 2.84. The Hall–Kier alpha value is -3.41. The lowest BCUT2D eigenvalue weighted by Gasteiger charge is -2.34. The summed E-state index contributed by atoms with van der Waals surface area (Å²) in [7, 11) is 3.50. The maximum absolute atomic E-state index is 13.0. The molecule has 154 valence electrons. The molecular formula is C24H26N4O2. The second-order valence-electron chi connectivity index (χ2n) is 7.52. The van der Waals surface area contributed by atoms with Crippen LogP contribution in [-0.2, 0) is 4.79 Å². The summed E-state index contributed by atoms with van der Waals surface area (Å²) in [6, 6.07) is 21.5. The Labute approximate surface area is 177 Å². The minimum Gasteiger partial charge on any atom is -0.497 e. The molecule has 1 amide bonds. The highest BCUT2D eigenvalue weighted by Crippen LogP contribution is 2.26. The van der Waals surface area contributed by atoms with Crippen molar-refractivity contribution in [3.63, 3.8) is 0 Å². The molecule has 1 aromatic heterocycles. The molecule has 0 aliphatic carbocycles. The topological polar surface area (TPSA) is 58.6 Å². The smallest absolute Gasteiger partial charge is 0.231 e. The zero-order valence-electron chi connectivity index (χ0n) is 17.4. The third kappa shape index (κ3) is 4.27. The third-order valence-electron chi connectivity index (χ3n) is 5.60. The summed E-state index contributed by atoms with van der Waals surface area (Å²) in [5.41, 5.74) is 2.73. The summed E-state index contributed by atoms with van der Waals surface area (Å²) in [6.45, 7) is 1.54. The fourth-order valence-corrected chi connectivity index (χ4v) is 3.85. The zero-order valence-corrected chi connectivity index (χ0v) is 17.4. The minimum absolute atomic E-state index is 0.0491. The molecule has 1 saturated heterocycles. The molecule has 6 heteroatoms. The van der Waals surface area contributed by atoms with Crippen LogP contribution in [0.15, 0.2) is 66.7 Å². The van der Waals surface area contributed by atoms with Crippen molar-refractivity contribution in [1.29, 1.82) is 0 Å². The SMILES string of the molecule is COc1ccc(-c2ccc(N3CCCC(C(=O)N(C)c4ccccc4)C3)nn2)cc1. The molecule has 0 bridgehead atoms. The van der Waals surface area contributed by atoms with E-state index < -0.39 is 0 Å². The van der Waals surface area contributed by atoms with Crippen molar-refractivity contribution >= 4 is 17.4 Å². The Morgan fingerprint density at radius 3 is 2.47 bits per heavy atom. The summed E-state index contributed by atoms with van der Waals surface area (Å²) >= 11 is 0. The molecule has 0 spiro atoms. The van der Waals surface area contributed by atoms with Gasteiger partial charge in [0.2, 0.25) is 5.91 Å². The molecule has 0 N–H and O–H groups in total. The Kier molecular flexibility index (Phi) is 5.93. The molecule has 4 rings (SSSR count). The molecular weight excluding hydrogens is 376 g/mol. The molecule has 1 aliphatic rings. The number of aromatic nitrogens is 2. The Bertz CT molecular complexity index is 974. The predicted octanol–water partition coefficient (Wildman–Crippen LogP) is 4.03. The van der Waals surface area contributed by atoms with Gasteiger partial charge in [0.05, 0.1) is 18.7 Å². The average molecular weight is 402 g/mol. The van der Waals surface area contributed by atoms with Crippen molar-refractivity contribution in [3.8, 4) is 17.0 Å². The number of hydrogen-bond donors (Lipinski definition) is 0. The van der Waals surface area contributed by atoms with Crippen LogP contribution < -0.4 is 14.5 Å². The van der Waals surface area contributed by atoms with E-state index in [1.54, 1.807) is 12.0 Å². The standard InChI is InChI=1S/C24H26N4O2/c1-27(20-8-4-3-5-9-20)24(29)19-7-6-16-28(17-19)23-15-14-22(25-26-23)18-10-12-21(30-2)13-11-18/h3-5,8-15,19H,6-7,16-17H2,1-2H3. The second-order valence-corrected chi connectivity index (χ2v) is 7.52. The van der Waals surface area contributed by atoms with E-state index >= 15 is 0 Å². The fourth-order valence-electron chi connectivity index (χ4n) is 3.85. The van der Waals surface area contributed by atoms with Crippen molar-refractivity contribution in [3.05, 3.63) is 66.7 Å². The maximum atomic E-state index is 13.0. The summed E-state index contributed by atoms with van der Waals surface area (Å²) in [4.78, 5) is 16.9. The van der Waals surface area contributed by atoms with Crippen LogP contribution >= 0.6 is 0 Å². The number of anilines is 2. The van der Waals surface area contributed by atoms with Crippen LogP contribution in [0.1, 0.15) is 12.8 Å². The van der Waals surface area contributed by atoms with Crippen LogP contribution in [-0.4, -0.2) is 43.4 Å². The first-order valence-corrected chi connectivity index (χ1v) is 10.2. The Morgan fingerprint density at radius 2 is 1.80 bits per heavy atom. The van der Waals surface area contributed by atoms with Crippen LogP contribution in [0.25, 0.3) is 11.3 Å². The number of hydrogen-bond acceptors (Lipinski definition) is 5. The molecule has 2 aromatic carbocycles. The molecule has 6 nitrogen and oxygen atoms in total. The molecule has 1 unspecified atom stereocenters. The van der Waals surface area contributed by atoms with Gasteiger partial charge in [-0.2, -0.15) is 0 Å². The van der Waals surface area contributed by atoms with Gasteiger partial charge in [0.1, 0.15) is 5.75 Å². The van der Waals surface area contributed by atoms with Gasteiger partial charge in [-0.3, -0.25) is 4.79 Å². The van der Waals surface area contributed by atoms with Gasteiger partial charge in [-0.05, 0) is 61.4 Å².